The maximum Gasteiger partial charge on any atom is 0.237 e. The van der Waals surface area contributed by atoms with Crippen LogP contribution in [0.5, 0.6) is 0 Å². The number of nitrogens with two attached hydrogens (primary N) is 2. The minimum absolute atomic E-state index is 0.234. The van der Waals surface area contributed by atoms with Crippen LogP contribution in [-0.4, -0.2) is 10.5 Å². The van der Waals surface area contributed by atoms with Crippen LogP contribution in [0.1, 0.15) is 17.0 Å². The van der Waals surface area contributed by atoms with Crippen LogP contribution in [-0.2, 0) is 17.9 Å². The zero-order valence-electron chi connectivity index (χ0n) is 8.00. The maximum atomic E-state index is 10.7. The van der Waals surface area contributed by atoms with Crippen molar-refractivity contribution < 1.29 is 4.79 Å². The number of rotatable bonds is 3. The first-order chi connectivity index (χ1) is 6.06. The predicted octanol–water partition coefficient (Wildman–Crippen LogP) is 0.0489. The topological polar surface area (TPSA) is 74.0 Å². The van der Waals surface area contributed by atoms with E-state index < -0.39 is 0 Å². The van der Waals surface area contributed by atoms with E-state index in [1.807, 2.05) is 24.5 Å². The van der Waals surface area contributed by atoms with Crippen molar-refractivity contribution in [3.05, 3.63) is 23.0 Å². The molecule has 4 N–H and O–H groups in total. The average Bonchev–Trinajstić information content (AvgIpc) is 2.31. The molecular formula is C9H15N3O. The summed E-state index contributed by atoms with van der Waals surface area (Å²) in [6, 6.07) is 1.98. The van der Waals surface area contributed by atoms with E-state index in [2.05, 4.69) is 0 Å². The number of nitrogens with zero attached hydrogens (tertiary/aromatic N) is 1. The number of carbonyl (C=O) groups excluding carboxylic acids is 1. The Hall–Kier alpha value is -1.29. The molecule has 4 nitrogen and oxygen atoms in total. The third kappa shape index (κ3) is 1.89. The number of hydrogen-bond donors (Lipinski definition) is 2. The predicted molar refractivity (Wildman–Crippen MR) is 51.0 cm³/mol. The number of carbonyl (C=O) groups is 1. The Morgan fingerprint density at radius 1 is 1.54 bits per heavy atom. The normalized spacial score (nSPS) is 10.4. The van der Waals surface area contributed by atoms with Crippen molar-refractivity contribution in [3.8, 4) is 0 Å². The zero-order chi connectivity index (χ0) is 10.0. The van der Waals surface area contributed by atoms with Crippen LogP contribution >= 0.6 is 0 Å². The number of aryl methyl sites for hydroxylation is 1. The van der Waals surface area contributed by atoms with Gasteiger partial charge in [0.05, 0.1) is 0 Å². The van der Waals surface area contributed by atoms with Crippen LogP contribution in [0.15, 0.2) is 6.07 Å². The fourth-order valence-electron chi connectivity index (χ4n) is 1.48. The zero-order valence-corrected chi connectivity index (χ0v) is 8.00. The van der Waals surface area contributed by atoms with Gasteiger partial charge < -0.3 is 16.0 Å². The molecule has 1 amide bonds. The summed E-state index contributed by atoms with van der Waals surface area (Å²) < 4.78 is 1.88. The van der Waals surface area contributed by atoms with Gasteiger partial charge in [0, 0.05) is 17.9 Å². The lowest BCUT2D eigenvalue weighted by molar-refractivity contribution is -0.118. The molecule has 1 rings (SSSR count). The molecule has 1 aromatic heterocycles. The van der Waals surface area contributed by atoms with Gasteiger partial charge in [-0.25, -0.2) is 0 Å². The van der Waals surface area contributed by atoms with E-state index in [9.17, 15) is 4.79 Å². The van der Waals surface area contributed by atoms with Gasteiger partial charge in [0.2, 0.25) is 5.91 Å². The number of amides is 1. The van der Waals surface area contributed by atoms with Crippen molar-refractivity contribution in [1.82, 2.24) is 4.57 Å². The summed E-state index contributed by atoms with van der Waals surface area (Å²) in [6.07, 6.45) is 0. The average molecular weight is 181 g/mol. The standard InChI is InChI=1S/C9H15N3O/c1-6-3-8(4-10)7(2)12(6)5-9(11)13/h3H,4-5,10H2,1-2H3,(H2,11,13). The van der Waals surface area contributed by atoms with Gasteiger partial charge in [-0.05, 0) is 25.5 Å². The Morgan fingerprint density at radius 3 is 2.54 bits per heavy atom. The Morgan fingerprint density at radius 2 is 2.15 bits per heavy atom. The summed E-state index contributed by atoms with van der Waals surface area (Å²) in [5, 5.41) is 0. The van der Waals surface area contributed by atoms with Crippen LogP contribution < -0.4 is 11.5 Å². The fourth-order valence-corrected chi connectivity index (χ4v) is 1.48. The van der Waals surface area contributed by atoms with Crippen LogP contribution in [0, 0.1) is 13.8 Å². The smallest absolute Gasteiger partial charge is 0.237 e. The van der Waals surface area contributed by atoms with E-state index >= 15 is 0 Å². The fraction of sp³-hybridized carbons (Fsp3) is 0.444. The SMILES string of the molecule is Cc1cc(CN)c(C)n1CC(N)=O. The second-order valence-electron chi connectivity index (χ2n) is 3.15. The summed E-state index contributed by atoms with van der Waals surface area (Å²) in [7, 11) is 0. The number of primary amides is 1. The van der Waals surface area contributed by atoms with E-state index in [1.165, 1.54) is 0 Å². The lowest BCUT2D eigenvalue weighted by Crippen LogP contribution is -2.20. The van der Waals surface area contributed by atoms with E-state index in [0.717, 1.165) is 17.0 Å². The highest BCUT2D eigenvalue weighted by Gasteiger charge is 2.08. The van der Waals surface area contributed by atoms with Crippen molar-refractivity contribution in [1.29, 1.82) is 0 Å². The Bertz CT molecular complexity index is 328. The first-order valence-corrected chi connectivity index (χ1v) is 4.20. The summed E-state index contributed by atoms with van der Waals surface area (Å²) in [5.74, 6) is -0.328. The molecule has 0 radical (unpaired) electrons. The third-order valence-corrected chi connectivity index (χ3v) is 2.21. The molecule has 0 aromatic carbocycles. The molecule has 4 heteroatoms. The Labute approximate surface area is 77.5 Å². The molecule has 72 valence electrons. The molecule has 0 aliphatic heterocycles. The van der Waals surface area contributed by atoms with E-state index in [0.29, 0.717) is 6.54 Å². The summed E-state index contributed by atoms with van der Waals surface area (Å²) in [6.45, 7) is 4.61. The first-order valence-electron chi connectivity index (χ1n) is 4.20. The monoisotopic (exact) mass is 181 g/mol. The third-order valence-electron chi connectivity index (χ3n) is 2.21. The Kier molecular flexibility index (Phi) is 2.72. The van der Waals surface area contributed by atoms with Crippen molar-refractivity contribution >= 4 is 5.91 Å². The molecule has 0 saturated carbocycles. The van der Waals surface area contributed by atoms with Crippen molar-refractivity contribution in [2.75, 3.05) is 0 Å². The molecule has 1 aromatic rings. The molecule has 13 heavy (non-hydrogen) atoms. The summed E-state index contributed by atoms with van der Waals surface area (Å²) >= 11 is 0. The van der Waals surface area contributed by atoms with Gasteiger partial charge in [-0.15, -0.1) is 0 Å². The van der Waals surface area contributed by atoms with Gasteiger partial charge in [-0.1, -0.05) is 0 Å². The molecule has 0 aliphatic carbocycles. The van der Waals surface area contributed by atoms with Gasteiger partial charge in [0.1, 0.15) is 6.54 Å². The maximum absolute atomic E-state index is 10.7. The van der Waals surface area contributed by atoms with Gasteiger partial charge >= 0.3 is 0 Å². The highest BCUT2D eigenvalue weighted by Crippen LogP contribution is 2.13. The Balaban J connectivity index is 3.05. The molecule has 0 fully saturated rings. The minimum Gasteiger partial charge on any atom is -0.368 e. The quantitative estimate of drug-likeness (QED) is 0.691. The van der Waals surface area contributed by atoms with Gasteiger partial charge in [0.15, 0.2) is 0 Å². The molecule has 0 unspecified atom stereocenters. The largest absolute Gasteiger partial charge is 0.368 e. The van der Waals surface area contributed by atoms with Gasteiger partial charge in [0.25, 0.3) is 0 Å². The highest BCUT2D eigenvalue weighted by molar-refractivity contribution is 5.73. The van der Waals surface area contributed by atoms with Crippen molar-refractivity contribution in [3.63, 3.8) is 0 Å². The molecule has 0 saturated heterocycles. The minimum atomic E-state index is -0.328. The first kappa shape index (κ1) is 9.80. The summed E-state index contributed by atoms with van der Waals surface area (Å²) in [5.41, 5.74) is 13.8. The van der Waals surface area contributed by atoms with Gasteiger partial charge in [-0.2, -0.15) is 0 Å². The molecule has 0 aliphatic rings. The van der Waals surface area contributed by atoms with Crippen LogP contribution in [0.3, 0.4) is 0 Å². The number of aromatic nitrogens is 1. The second-order valence-corrected chi connectivity index (χ2v) is 3.15. The van der Waals surface area contributed by atoms with Gasteiger partial charge in [-0.3, -0.25) is 4.79 Å². The lowest BCUT2D eigenvalue weighted by Gasteiger charge is -2.06. The van der Waals surface area contributed by atoms with E-state index in [4.69, 9.17) is 11.5 Å². The molecule has 0 bridgehead atoms. The van der Waals surface area contributed by atoms with Crippen LogP contribution in [0.2, 0.25) is 0 Å². The van der Waals surface area contributed by atoms with Crippen molar-refractivity contribution in [2.24, 2.45) is 11.5 Å². The van der Waals surface area contributed by atoms with E-state index in [1.54, 1.807) is 0 Å². The molecule has 1 heterocycles. The highest BCUT2D eigenvalue weighted by atomic mass is 16.1. The lowest BCUT2D eigenvalue weighted by atomic mass is 10.2. The molecular weight excluding hydrogens is 166 g/mol. The summed E-state index contributed by atoms with van der Waals surface area (Å²) in [4.78, 5) is 10.7. The molecule has 0 spiro atoms. The number of hydrogen-bond acceptors (Lipinski definition) is 2. The van der Waals surface area contributed by atoms with Crippen LogP contribution in [0.25, 0.3) is 0 Å². The van der Waals surface area contributed by atoms with Crippen LogP contribution in [0.4, 0.5) is 0 Å². The van der Waals surface area contributed by atoms with Crippen molar-refractivity contribution in [2.45, 2.75) is 26.9 Å². The second kappa shape index (κ2) is 3.62. The van der Waals surface area contributed by atoms with E-state index in [-0.39, 0.29) is 12.5 Å². The molecule has 0 atom stereocenters.